The first-order chi connectivity index (χ1) is 15.3. The molecule has 0 radical (unpaired) electrons. The van der Waals surface area contributed by atoms with Crippen molar-refractivity contribution < 1.29 is 18.0 Å². The first-order valence-electron chi connectivity index (χ1n) is 9.67. The number of anilines is 1. The normalized spacial score (nSPS) is 16.6. The molecule has 0 saturated heterocycles. The van der Waals surface area contributed by atoms with Crippen LogP contribution in [0.25, 0.3) is 10.9 Å². The highest BCUT2D eigenvalue weighted by molar-refractivity contribution is 9.10. The quantitative estimate of drug-likeness (QED) is 0.406. The monoisotopic (exact) mass is 524 g/mol. The summed E-state index contributed by atoms with van der Waals surface area (Å²) >= 11 is 4.55. The average Bonchev–Trinajstić information content (AvgIpc) is 3.51. The fraction of sp³-hybridized carbons (Fsp3) is 0.300. The van der Waals surface area contributed by atoms with E-state index in [1.165, 1.54) is 34.6 Å². The molecule has 12 heteroatoms. The molecule has 1 N–H and O–H groups in total. The van der Waals surface area contributed by atoms with Crippen molar-refractivity contribution in [2.45, 2.75) is 38.5 Å². The van der Waals surface area contributed by atoms with Gasteiger partial charge in [-0.3, -0.25) is 14.8 Å². The minimum Gasteiger partial charge on any atom is -0.331 e. The minimum atomic E-state index is -2.72. The lowest BCUT2D eigenvalue weighted by molar-refractivity contribution is -0.118. The van der Waals surface area contributed by atoms with E-state index in [1.807, 2.05) is 0 Å². The summed E-state index contributed by atoms with van der Waals surface area (Å²) in [6.45, 7) is 1.91. The fourth-order valence-electron chi connectivity index (χ4n) is 3.98. The third-order valence-electron chi connectivity index (χ3n) is 5.50. The van der Waals surface area contributed by atoms with Gasteiger partial charge in [0.25, 0.3) is 12.3 Å². The van der Waals surface area contributed by atoms with E-state index in [1.54, 1.807) is 23.1 Å². The van der Waals surface area contributed by atoms with Gasteiger partial charge in [-0.05, 0) is 18.6 Å². The van der Waals surface area contributed by atoms with Crippen LogP contribution >= 0.6 is 27.3 Å². The number of alkyl halides is 3. The van der Waals surface area contributed by atoms with Crippen LogP contribution < -0.4 is 5.32 Å². The van der Waals surface area contributed by atoms with Crippen LogP contribution in [0.1, 0.15) is 35.0 Å². The summed E-state index contributed by atoms with van der Waals surface area (Å²) in [5.74, 6) is -0.494. The van der Waals surface area contributed by atoms with E-state index in [-0.39, 0.29) is 23.9 Å². The Kier molecular flexibility index (Phi) is 5.28. The molecule has 5 rings (SSSR count). The Labute approximate surface area is 192 Å². The van der Waals surface area contributed by atoms with Crippen LogP contribution in [-0.4, -0.2) is 36.4 Å². The molecule has 1 aliphatic rings. The Morgan fingerprint density at radius 2 is 2.19 bits per heavy atom. The van der Waals surface area contributed by atoms with Gasteiger partial charge in [0.2, 0.25) is 0 Å². The summed E-state index contributed by atoms with van der Waals surface area (Å²) in [6, 6.07) is 0.276. The highest BCUT2D eigenvalue weighted by atomic mass is 79.9. The van der Waals surface area contributed by atoms with E-state index < -0.39 is 24.5 Å². The molecule has 0 fully saturated rings. The zero-order chi connectivity index (χ0) is 22.6. The molecule has 32 heavy (non-hydrogen) atoms. The summed E-state index contributed by atoms with van der Waals surface area (Å²) in [6.07, 6.45) is 0.785. The van der Waals surface area contributed by atoms with Gasteiger partial charge in [0.15, 0.2) is 11.2 Å². The maximum atomic E-state index is 14.0. The topological polar surface area (TPSA) is 77.6 Å². The maximum absolute atomic E-state index is 14.0. The number of aryl methyl sites for hydroxylation is 1. The van der Waals surface area contributed by atoms with Crippen LogP contribution in [0.2, 0.25) is 0 Å². The first-order valence-corrected chi connectivity index (χ1v) is 11.3. The van der Waals surface area contributed by atoms with Crippen molar-refractivity contribution in [3.05, 3.63) is 57.2 Å². The van der Waals surface area contributed by atoms with Gasteiger partial charge in [-0.2, -0.15) is 5.10 Å². The second-order valence-corrected chi connectivity index (χ2v) is 9.25. The number of hydrogen-bond donors (Lipinski definition) is 1. The van der Waals surface area contributed by atoms with Gasteiger partial charge in [-0.1, -0.05) is 15.9 Å². The number of halogens is 4. The SMILES string of the molecule is Cc1c(Br)cc(C(F)F)c2cn(C(C(=O)Nc3nccs3)c3ncn4c3C[C@@H](F)C4)nc12. The first kappa shape index (κ1) is 21.1. The molecule has 4 aromatic rings. The van der Waals surface area contributed by atoms with Gasteiger partial charge in [0.1, 0.15) is 6.17 Å². The Hall–Kier alpha value is -2.73. The third-order valence-corrected chi connectivity index (χ3v) is 7.01. The summed E-state index contributed by atoms with van der Waals surface area (Å²) < 4.78 is 45.0. The standard InChI is InChI=1S/C20H16BrF3N6OS/c1-9-13(21)5-11(18(23)24)12-7-30(28-15(9)12)17(19(31)27-20-25-2-3-32-20)16-14-4-10(22)6-29(14)8-26-16/h2-3,5,7-8,10,17-18H,4,6H2,1H3,(H,25,27,31)/t10-,17?/m1/s1. The smallest absolute Gasteiger partial charge is 0.264 e. The van der Waals surface area contributed by atoms with Crippen molar-refractivity contribution in [3.8, 4) is 0 Å². The Morgan fingerprint density at radius 3 is 2.91 bits per heavy atom. The number of hydrogen-bond acceptors (Lipinski definition) is 5. The molecule has 1 unspecified atom stereocenters. The number of nitrogens with zero attached hydrogens (tertiary/aromatic N) is 5. The van der Waals surface area contributed by atoms with E-state index in [4.69, 9.17) is 0 Å². The number of amides is 1. The largest absolute Gasteiger partial charge is 0.331 e. The lowest BCUT2D eigenvalue weighted by atomic mass is 10.1. The molecule has 0 aliphatic carbocycles. The molecule has 4 heterocycles. The van der Waals surface area contributed by atoms with E-state index in [0.717, 1.165) is 0 Å². The Balaban J connectivity index is 1.67. The van der Waals surface area contributed by atoms with Gasteiger partial charge in [-0.15, -0.1) is 11.3 Å². The molecular formula is C20H16BrF3N6OS. The van der Waals surface area contributed by atoms with Gasteiger partial charge in [0.05, 0.1) is 24.1 Å². The van der Waals surface area contributed by atoms with Gasteiger partial charge in [0, 0.05) is 45.3 Å². The predicted molar refractivity (Wildman–Crippen MR) is 117 cm³/mol. The lowest BCUT2D eigenvalue weighted by Gasteiger charge is -2.16. The molecule has 1 aromatic carbocycles. The molecule has 2 atom stereocenters. The molecule has 0 spiro atoms. The lowest BCUT2D eigenvalue weighted by Crippen LogP contribution is -2.28. The molecule has 3 aromatic heterocycles. The highest BCUT2D eigenvalue weighted by Crippen LogP contribution is 2.36. The zero-order valence-electron chi connectivity index (χ0n) is 16.6. The van der Waals surface area contributed by atoms with Crippen molar-refractivity contribution in [1.82, 2.24) is 24.3 Å². The number of nitrogens with one attached hydrogen (secondary N) is 1. The van der Waals surface area contributed by atoms with Crippen molar-refractivity contribution >= 4 is 49.2 Å². The number of thiazole rings is 1. The van der Waals surface area contributed by atoms with Crippen LogP contribution in [0, 0.1) is 6.92 Å². The molecule has 1 amide bonds. The van der Waals surface area contributed by atoms with E-state index in [9.17, 15) is 18.0 Å². The maximum Gasteiger partial charge on any atom is 0.264 e. The molecule has 0 bridgehead atoms. The molecule has 0 saturated carbocycles. The number of carbonyl (C=O) groups is 1. The second kappa shape index (κ2) is 8.00. The number of aromatic nitrogens is 5. The predicted octanol–water partition coefficient (Wildman–Crippen LogP) is 4.82. The fourth-order valence-corrected chi connectivity index (χ4v) is 4.94. The van der Waals surface area contributed by atoms with Crippen LogP contribution in [-0.2, 0) is 17.8 Å². The van der Waals surface area contributed by atoms with Crippen LogP contribution in [0.15, 0.2) is 34.6 Å². The van der Waals surface area contributed by atoms with Gasteiger partial charge >= 0.3 is 0 Å². The van der Waals surface area contributed by atoms with Gasteiger partial charge in [-0.25, -0.2) is 23.1 Å². The molecule has 166 valence electrons. The summed E-state index contributed by atoms with van der Waals surface area (Å²) in [5, 5.41) is 9.56. The molecule has 7 nitrogen and oxygen atoms in total. The van der Waals surface area contributed by atoms with Gasteiger partial charge < -0.3 is 4.57 Å². The number of fused-ring (bicyclic) bond motifs is 2. The highest BCUT2D eigenvalue weighted by Gasteiger charge is 2.34. The van der Waals surface area contributed by atoms with Crippen LogP contribution in [0.5, 0.6) is 0 Å². The Bertz CT molecular complexity index is 1320. The summed E-state index contributed by atoms with van der Waals surface area (Å²) in [5.41, 5.74) is 1.74. The van der Waals surface area contributed by atoms with Crippen LogP contribution in [0.3, 0.4) is 0 Å². The molecular weight excluding hydrogens is 509 g/mol. The van der Waals surface area contributed by atoms with E-state index >= 15 is 0 Å². The summed E-state index contributed by atoms with van der Waals surface area (Å²) in [7, 11) is 0. The second-order valence-electron chi connectivity index (χ2n) is 7.50. The summed E-state index contributed by atoms with van der Waals surface area (Å²) in [4.78, 5) is 21.8. The van der Waals surface area contributed by atoms with Crippen molar-refractivity contribution in [1.29, 1.82) is 0 Å². The Morgan fingerprint density at radius 1 is 1.38 bits per heavy atom. The number of rotatable bonds is 5. The minimum absolute atomic E-state index is 0.115. The average molecular weight is 525 g/mol. The van der Waals surface area contributed by atoms with Crippen molar-refractivity contribution in [2.24, 2.45) is 0 Å². The molecule has 1 aliphatic heterocycles. The van der Waals surface area contributed by atoms with Crippen LogP contribution in [0.4, 0.5) is 18.3 Å². The van der Waals surface area contributed by atoms with Crippen molar-refractivity contribution in [2.75, 3.05) is 5.32 Å². The third kappa shape index (κ3) is 3.51. The number of imidazole rings is 1. The van der Waals surface area contributed by atoms with E-state index in [0.29, 0.717) is 32.1 Å². The zero-order valence-corrected chi connectivity index (χ0v) is 19.0. The van der Waals surface area contributed by atoms with E-state index in [2.05, 4.69) is 36.3 Å². The number of benzene rings is 1. The van der Waals surface area contributed by atoms with Crippen molar-refractivity contribution in [3.63, 3.8) is 0 Å². The number of carbonyl (C=O) groups excluding carboxylic acids is 1.